The van der Waals surface area contributed by atoms with Crippen LogP contribution in [-0.2, 0) is 6.54 Å². The van der Waals surface area contributed by atoms with Gasteiger partial charge in [-0.15, -0.1) is 0 Å². The Bertz CT molecular complexity index is 420. The maximum Gasteiger partial charge on any atom is 0.0244 e. The summed E-state index contributed by atoms with van der Waals surface area (Å²) in [6.07, 6.45) is 0. The van der Waals surface area contributed by atoms with Gasteiger partial charge < -0.3 is 5.32 Å². The van der Waals surface area contributed by atoms with Gasteiger partial charge in [-0.3, -0.25) is 4.90 Å². The molecule has 0 bridgehead atoms. The van der Waals surface area contributed by atoms with Crippen LogP contribution in [0, 0.1) is 12.3 Å². The van der Waals surface area contributed by atoms with Gasteiger partial charge in [0, 0.05) is 31.7 Å². The molecule has 1 heterocycles. The second kappa shape index (κ2) is 5.64. The van der Waals surface area contributed by atoms with E-state index in [0.717, 1.165) is 19.6 Å². The topological polar surface area (TPSA) is 15.3 Å². The highest BCUT2D eigenvalue weighted by Gasteiger charge is 2.32. The minimum atomic E-state index is 0.324. The number of piperazine rings is 1. The third-order valence-electron chi connectivity index (χ3n) is 4.21. The lowest BCUT2D eigenvalue weighted by molar-refractivity contribution is 0.0877. The van der Waals surface area contributed by atoms with Gasteiger partial charge in [-0.2, -0.15) is 0 Å². The molecule has 1 aliphatic rings. The number of hydrogen-bond donors (Lipinski definition) is 1. The van der Waals surface area contributed by atoms with Gasteiger partial charge >= 0.3 is 0 Å². The Labute approximate surface area is 118 Å². The Balaban J connectivity index is 2.05. The van der Waals surface area contributed by atoms with E-state index >= 15 is 0 Å². The maximum atomic E-state index is 3.69. The molecule has 106 valence electrons. The number of benzene rings is 1. The first-order valence-electron chi connectivity index (χ1n) is 7.39. The standard InChI is InChI=1S/C17H28N2/c1-13-7-6-8-15(9-13)11-19-12-16(17(3,4)5)18-10-14(19)2/h6-9,14,16,18H,10-12H2,1-5H3. The maximum absolute atomic E-state index is 3.69. The number of aryl methyl sites for hydroxylation is 1. The molecule has 0 saturated carbocycles. The van der Waals surface area contributed by atoms with Crippen LogP contribution in [-0.4, -0.2) is 30.1 Å². The molecule has 19 heavy (non-hydrogen) atoms. The minimum absolute atomic E-state index is 0.324. The van der Waals surface area contributed by atoms with E-state index in [1.165, 1.54) is 11.1 Å². The second-order valence-electron chi connectivity index (χ2n) is 7.09. The van der Waals surface area contributed by atoms with Crippen LogP contribution in [0.4, 0.5) is 0 Å². The van der Waals surface area contributed by atoms with E-state index in [9.17, 15) is 0 Å². The van der Waals surface area contributed by atoms with Gasteiger partial charge in [0.1, 0.15) is 0 Å². The Morgan fingerprint density at radius 2 is 2.05 bits per heavy atom. The summed E-state index contributed by atoms with van der Waals surface area (Å²) < 4.78 is 0. The van der Waals surface area contributed by atoms with E-state index in [1.807, 2.05) is 0 Å². The zero-order valence-corrected chi connectivity index (χ0v) is 13.0. The number of rotatable bonds is 2. The van der Waals surface area contributed by atoms with Gasteiger partial charge in [-0.25, -0.2) is 0 Å². The van der Waals surface area contributed by atoms with Gasteiger partial charge in [-0.1, -0.05) is 50.6 Å². The van der Waals surface area contributed by atoms with Crippen molar-refractivity contribution in [3.63, 3.8) is 0 Å². The molecule has 0 aromatic heterocycles. The highest BCUT2D eigenvalue weighted by Crippen LogP contribution is 2.24. The molecule has 2 heteroatoms. The average molecular weight is 260 g/mol. The van der Waals surface area contributed by atoms with Crippen LogP contribution in [0.5, 0.6) is 0 Å². The lowest BCUT2D eigenvalue weighted by Gasteiger charge is -2.44. The van der Waals surface area contributed by atoms with Crippen molar-refractivity contribution in [2.24, 2.45) is 5.41 Å². The first-order valence-corrected chi connectivity index (χ1v) is 7.39. The van der Waals surface area contributed by atoms with E-state index in [-0.39, 0.29) is 0 Å². The third-order valence-corrected chi connectivity index (χ3v) is 4.21. The lowest BCUT2D eigenvalue weighted by Crippen LogP contribution is -2.59. The molecule has 0 spiro atoms. The molecule has 0 radical (unpaired) electrons. The molecular formula is C17H28N2. The van der Waals surface area contributed by atoms with E-state index in [0.29, 0.717) is 17.5 Å². The molecule has 1 N–H and O–H groups in total. The summed E-state index contributed by atoms with van der Waals surface area (Å²) in [5.74, 6) is 0. The van der Waals surface area contributed by atoms with Crippen molar-refractivity contribution in [2.45, 2.75) is 53.2 Å². The molecule has 2 nitrogen and oxygen atoms in total. The van der Waals surface area contributed by atoms with Crippen LogP contribution in [0.15, 0.2) is 24.3 Å². The first-order chi connectivity index (χ1) is 8.86. The second-order valence-corrected chi connectivity index (χ2v) is 7.09. The Morgan fingerprint density at radius 3 is 2.68 bits per heavy atom. The van der Waals surface area contributed by atoms with Gasteiger partial charge in [-0.05, 0) is 24.8 Å². The first kappa shape index (κ1) is 14.5. The van der Waals surface area contributed by atoms with Crippen molar-refractivity contribution in [3.8, 4) is 0 Å². The molecular weight excluding hydrogens is 232 g/mol. The van der Waals surface area contributed by atoms with Gasteiger partial charge in [0.25, 0.3) is 0 Å². The van der Waals surface area contributed by atoms with Crippen molar-refractivity contribution in [1.82, 2.24) is 10.2 Å². The monoisotopic (exact) mass is 260 g/mol. The number of nitrogens with zero attached hydrogens (tertiary/aromatic N) is 1. The van der Waals surface area contributed by atoms with Crippen molar-refractivity contribution >= 4 is 0 Å². The van der Waals surface area contributed by atoms with E-state index in [4.69, 9.17) is 0 Å². The average Bonchev–Trinajstić information content (AvgIpc) is 2.30. The molecule has 1 fully saturated rings. The highest BCUT2D eigenvalue weighted by atomic mass is 15.2. The summed E-state index contributed by atoms with van der Waals surface area (Å²) in [6, 6.07) is 10.1. The van der Waals surface area contributed by atoms with E-state index in [2.05, 4.69) is 69.1 Å². The van der Waals surface area contributed by atoms with Crippen molar-refractivity contribution in [1.29, 1.82) is 0 Å². The predicted octanol–water partition coefficient (Wildman–Crippen LogP) is 3.20. The molecule has 0 aliphatic carbocycles. The molecule has 2 atom stereocenters. The summed E-state index contributed by atoms with van der Waals surface area (Å²) in [5.41, 5.74) is 3.11. The van der Waals surface area contributed by atoms with E-state index < -0.39 is 0 Å². The van der Waals surface area contributed by atoms with Gasteiger partial charge in [0.05, 0.1) is 0 Å². The molecule has 1 aliphatic heterocycles. The fraction of sp³-hybridized carbons (Fsp3) is 0.647. The van der Waals surface area contributed by atoms with Crippen LogP contribution in [0.2, 0.25) is 0 Å². The smallest absolute Gasteiger partial charge is 0.0244 e. The zero-order valence-electron chi connectivity index (χ0n) is 13.0. The van der Waals surface area contributed by atoms with Crippen LogP contribution >= 0.6 is 0 Å². The fourth-order valence-electron chi connectivity index (χ4n) is 2.77. The molecule has 2 rings (SSSR count). The summed E-state index contributed by atoms with van der Waals surface area (Å²) in [5, 5.41) is 3.69. The van der Waals surface area contributed by atoms with Crippen LogP contribution in [0.1, 0.15) is 38.8 Å². The van der Waals surface area contributed by atoms with Gasteiger partial charge in [0.2, 0.25) is 0 Å². The Kier molecular flexibility index (Phi) is 4.32. The summed E-state index contributed by atoms with van der Waals surface area (Å²) in [7, 11) is 0. The van der Waals surface area contributed by atoms with Crippen LogP contribution < -0.4 is 5.32 Å². The van der Waals surface area contributed by atoms with Crippen molar-refractivity contribution < 1.29 is 0 Å². The molecule has 1 saturated heterocycles. The molecule has 2 unspecified atom stereocenters. The van der Waals surface area contributed by atoms with Crippen molar-refractivity contribution in [3.05, 3.63) is 35.4 Å². The van der Waals surface area contributed by atoms with Crippen molar-refractivity contribution in [2.75, 3.05) is 13.1 Å². The van der Waals surface area contributed by atoms with Crippen LogP contribution in [0.25, 0.3) is 0 Å². The Hall–Kier alpha value is -0.860. The zero-order chi connectivity index (χ0) is 14.0. The van der Waals surface area contributed by atoms with Crippen LogP contribution in [0.3, 0.4) is 0 Å². The summed E-state index contributed by atoms with van der Waals surface area (Å²) >= 11 is 0. The minimum Gasteiger partial charge on any atom is -0.311 e. The third kappa shape index (κ3) is 3.80. The molecule has 1 aromatic rings. The summed E-state index contributed by atoms with van der Waals surface area (Å²) in [6.45, 7) is 14.8. The fourth-order valence-corrected chi connectivity index (χ4v) is 2.77. The SMILES string of the molecule is Cc1cccc(CN2CC(C(C)(C)C)NCC2C)c1. The number of hydrogen-bond acceptors (Lipinski definition) is 2. The number of nitrogens with one attached hydrogen (secondary N) is 1. The normalized spacial score (nSPS) is 25.5. The molecule has 0 amide bonds. The molecule has 1 aromatic carbocycles. The van der Waals surface area contributed by atoms with E-state index in [1.54, 1.807) is 0 Å². The Morgan fingerprint density at radius 1 is 1.32 bits per heavy atom. The predicted molar refractivity (Wildman–Crippen MR) is 82.3 cm³/mol. The summed E-state index contributed by atoms with van der Waals surface area (Å²) in [4.78, 5) is 2.61. The lowest BCUT2D eigenvalue weighted by atomic mass is 9.84. The highest BCUT2D eigenvalue weighted by molar-refractivity contribution is 5.22. The largest absolute Gasteiger partial charge is 0.311 e. The quantitative estimate of drug-likeness (QED) is 0.878. The van der Waals surface area contributed by atoms with Gasteiger partial charge in [0.15, 0.2) is 0 Å².